The van der Waals surface area contributed by atoms with Gasteiger partial charge in [-0.25, -0.2) is 4.79 Å². The van der Waals surface area contributed by atoms with E-state index in [4.69, 9.17) is 9.47 Å². The predicted molar refractivity (Wildman–Crippen MR) is 55.5 cm³/mol. The van der Waals surface area contributed by atoms with Gasteiger partial charge in [0, 0.05) is 0 Å². The summed E-state index contributed by atoms with van der Waals surface area (Å²) in [5.74, 6) is -0.287. The van der Waals surface area contributed by atoms with Gasteiger partial charge in [0.2, 0.25) is 0 Å². The van der Waals surface area contributed by atoms with Crippen LogP contribution in [-0.4, -0.2) is 19.2 Å². The van der Waals surface area contributed by atoms with Gasteiger partial charge in [-0.05, 0) is 24.5 Å². The number of benzene rings is 1. The molecule has 1 heterocycles. The Hall–Kier alpha value is -1.35. The molecule has 1 atom stereocenters. The molecule has 3 nitrogen and oxygen atoms in total. The molecule has 0 aromatic heterocycles. The number of ether oxygens (including phenoxy) is 2. The number of hydrogen-bond acceptors (Lipinski definition) is 3. The molecule has 0 spiro atoms. The first-order valence-corrected chi connectivity index (χ1v) is 5.19. The molecule has 0 radical (unpaired) electrons. The molecule has 1 aliphatic heterocycles. The number of esters is 1. The molecule has 1 aromatic rings. The summed E-state index contributed by atoms with van der Waals surface area (Å²) >= 11 is 0. The Bertz CT molecular complexity index is 360. The first-order chi connectivity index (χ1) is 7.33. The summed E-state index contributed by atoms with van der Waals surface area (Å²) in [5, 5.41) is 0. The maximum atomic E-state index is 11.6. The summed E-state index contributed by atoms with van der Waals surface area (Å²) in [5.41, 5.74) is 2.13. The number of carbonyl (C=O) groups excluding carboxylic acids is 1. The van der Waals surface area contributed by atoms with E-state index in [2.05, 4.69) is 0 Å². The molecule has 0 N–H and O–H groups in total. The molecule has 3 heteroatoms. The van der Waals surface area contributed by atoms with E-state index in [9.17, 15) is 4.79 Å². The molecule has 0 unspecified atom stereocenters. The van der Waals surface area contributed by atoms with E-state index in [1.807, 2.05) is 24.3 Å². The Morgan fingerprint density at radius 3 is 3.13 bits per heavy atom. The summed E-state index contributed by atoms with van der Waals surface area (Å²) in [4.78, 5) is 11.6. The van der Waals surface area contributed by atoms with Crippen LogP contribution in [-0.2, 0) is 20.7 Å². The number of hydrogen-bond donors (Lipinski definition) is 0. The fourth-order valence-electron chi connectivity index (χ4n) is 1.81. The monoisotopic (exact) mass is 206 g/mol. The quantitative estimate of drug-likeness (QED) is 0.693. The van der Waals surface area contributed by atoms with Crippen LogP contribution in [0.2, 0.25) is 0 Å². The number of carbonyl (C=O) groups is 1. The standard InChI is InChI=1S/C12H14O3/c1-2-14-12(13)11-10-6-4-3-5-9(10)7-8-15-11/h3-6,11H,2,7-8H2,1H3/t11-/m0/s1. The molecule has 0 aliphatic carbocycles. The van der Waals surface area contributed by atoms with Gasteiger partial charge >= 0.3 is 5.97 Å². The van der Waals surface area contributed by atoms with Crippen LogP contribution < -0.4 is 0 Å². The minimum atomic E-state index is -0.533. The molecule has 2 rings (SSSR count). The van der Waals surface area contributed by atoms with Gasteiger partial charge in [-0.2, -0.15) is 0 Å². The van der Waals surface area contributed by atoms with Crippen molar-refractivity contribution >= 4 is 5.97 Å². The van der Waals surface area contributed by atoms with E-state index < -0.39 is 6.10 Å². The number of rotatable bonds is 2. The first kappa shape index (κ1) is 10.2. The average Bonchev–Trinajstić information content (AvgIpc) is 2.28. The van der Waals surface area contributed by atoms with E-state index in [1.165, 1.54) is 5.56 Å². The lowest BCUT2D eigenvalue weighted by Crippen LogP contribution is -2.25. The van der Waals surface area contributed by atoms with E-state index >= 15 is 0 Å². The fraction of sp³-hybridized carbons (Fsp3) is 0.417. The minimum absolute atomic E-state index is 0.287. The van der Waals surface area contributed by atoms with E-state index in [1.54, 1.807) is 6.92 Å². The predicted octanol–water partition coefficient (Wildman–Crippen LogP) is 1.86. The van der Waals surface area contributed by atoms with Crippen LogP contribution >= 0.6 is 0 Å². The van der Waals surface area contributed by atoms with Crippen molar-refractivity contribution in [2.45, 2.75) is 19.4 Å². The second kappa shape index (κ2) is 4.45. The molecule has 0 fully saturated rings. The van der Waals surface area contributed by atoms with Crippen LogP contribution in [0.4, 0.5) is 0 Å². The Morgan fingerprint density at radius 1 is 1.53 bits per heavy atom. The summed E-state index contributed by atoms with van der Waals surface area (Å²) in [7, 11) is 0. The molecular weight excluding hydrogens is 192 g/mol. The van der Waals surface area contributed by atoms with Crippen LogP contribution in [0.3, 0.4) is 0 Å². The number of fused-ring (bicyclic) bond motifs is 1. The van der Waals surface area contributed by atoms with Crippen molar-refractivity contribution in [3.8, 4) is 0 Å². The Kier molecular flexibility index (Phi) is 3.02. The molecule has 0 saturated carbocycles. The highest BCUT2D eigenvalue weighted by molar-refractivity contribution is 5.77. The fourth-order valence-corrected chi connectivity index (χ4v) is 1.81. The molecule has 15 heavy (non-hydrogen) atoms. The summed E-state index contributed by atoms with van der Waals surface area (Å²) in [6, 6.07) is 7.85. The highest BCUT2D eigenvalue weighted by Gasteiger charge is 2.27. The van der Waals surface area contributed by atoms with Gasteiger partial charge in [0.15, 0.2) is 6.10 Å². The van der Waals surface area contributed by atoms with Crippen molar-refractivity contribution in [3.05, 3.63) is 35.4 Å². The molecule has 0 saturated heterocycles. The largest absolute Gasteiger partial charge is 0.464 e. The summed E-state index contributed by atoms with van der Waals surface area (Å²) in [6.07, 6.45) is 0.335. The van der Waals surface area contributed by atoms with Crippen molar-refractivity contribution in [2.75, 3.05) is 13.2 Å². The molecular formula is C12H14O3. The third-order valence-corrected chi connectivity index (χ3v) is 2.49. The minimum Gasteiger partial charge on any atom is -0.464 e. The van der Waals surface area contributed by atoms with E-state index in [-0.39, 0.29) is 5.97 Å². The van der Waals surface area contributed by atoms with Crippen LogP contribution in [0.15, 0.2) is 24.3 Å². The third kappa shape index (κ3) is 2.02. The SMILES string of the molecule is CCOC(=O)[C@H]1OCCc2ccccc21. The Balaban J connectivity index is 2.25. The molecule has 1 aliphatic rings. The maximum absolute atomic E-state index is 11.6. The second-order valence-corrected chi connectivity index (χ2v) is 3.45. The summed E-state index contributed by atoms with van der Waals surface area (Å²) in [6.45, 7) is 2.77. The first-order valence-electron chi connectivity index (χ1n) is 5.19. The lowest BCUT2D eigenvalue weighted by Gasteiger charge is -2.24. The van der Waals surface area contributed by atoms with Gasteiger partial charge in [-0.3, -0.25) is 0 Å². The van der Waals surface area contributed by atoms with Crippen molar-refractivity contribution < 1.29 is 14.3 Å². The molecule has 0 bridgehead atoms. The van der Waals surface area contributed by atoms with Gasteiger partial charge in [0.1, 0.15) is 0 Å². The topological polar surface area (TPSA) is 35.5 Å². The van der Waals surface area contributed by atoms with Crippen LogP contribution in [0.5, 0.6) is 0 Å². The zero-order valence-corrected chi connectivity index (χ0v) is 8.73. The lowest BCUT2D eigenvalue weighted by atomic mass is 9.98. The third-order valence-electron chi connectivity index (χ3n) is 2.49. The van der Waals surface area contributed by atoms with Gasteiger partial charge in [-0.1, -0.05) is 24.3 Å². The van der Waals surface area contributed by atoms with Gasteiger partial charge in [-0.15, -0.1) is 0 Å². The summed E-state index contributed by atoms with van der Waals surface area (Å²) < 4.78 is 10.4. The normalized spacial score (nSPS) is 19.4. The Morgan fingerprint density at radius 2 is 2.33 bits per heavy atom. The van der Waals surface area contributed by atoms with E-state index in [0.717, 1.165) is 12.0 Å². The smallest absolute Gasteiger partial charge is 0.339 e. The van der Waals surface area contributed by atoms with Gasteiger partial charge in [0.25, 0.3) is 0 Å². The lowest BCUT2D eigenvalue weighted by molar-refractivity contribution is -0.158. The van der Waals surface area contributed by atoms with Crippen molar-refractivity contribution in [2.24, 2.45) is 0 Å². The zero-order valence-electron chi connectivity index (χ0n) is 8.73. The molecule has 1 aromatic carbocycles. The van der Waals surface area contributed by atoms with Crippen LogP contribution in [0.25, 0.3) is 0 Å². The van der Waals surface area contributed by atoms with Gasteiger partial charge < -0.3 is 9.47 Å². The second-order valence-electron chi connectivity index (χ2n) is 3.45. The van der Waals surface area contributed by atoms with Crippen molar-refractivity contribution in [1.82, 2.24) is 0 Å². The molecule has 0 amide bonds. The average molecular weight is 206 g/mol. The highest BCUT2D eigenvalue weighted by Crippen LogP contribution is 2.27. The van der Waals surface area contributed by atoms with E-state index in [0.29, 0.717) is 13.2 Å². The van der Waals surface area contributed by atoms with Gasteiger partial charge in [0.05, 0.1) is 13.2 Å². The highest BCUT2D eigenvalue weighted by atomic mass is 16.6. The van der Waals surface area contributed by atoms with Crippen LogP contribution in [0, 0.1) is 0 Å². The van der Waals surface area contributed by atoms with Crippen molar-refractivity contribution in [1.29, 1.82) is 0 Å². The zero-order chi connectivity index (χ0) is 10.7. The maximum Gasteiger partial charge on any atom is 0.339 e. The molecule has 80 valence electrons. The van der Waals surface area contributed by atoms with Crippen molar-refractivity contribution in [3.63, 3.8) is 0 Å². The Labute approximate surface area is 89.0 Å². The van der Waals surface area contributed by atoms with Crippen LogP contribution in [0.1, 0.15) is 24.2 Å².